The molecule has 0 aliphatic carbocycles. The molecule has 0 bridgehead atoms. The molecule has 0 aromatic rings. The van der Waals surface area contributed by atoms with Crippen LogP contribution in [0.15, 0.2) is 0 Å². The SMILES string of the molecule is [Cl-].[Cl-].[Cl-].[Cl-].[La+3].[Li+].[Li+]. The summed E-state index contributed by atoms with van der Waals surface area (Å²) in [6, 6.07) is 0. The summed E-state index contributed by atoms with van der Waals surface area (Å²) >= 11 is 0. The Kier molecular flexibility index (Phi) is 604. The van der Waals surface area contributed by atoms with Crippen LogP contribution in [-0.2, 0) is 0 Å². The normalized spacial score (nSPS) is 0. The maximum Gasteiger partial charge on any atom is 3.00 e. The van der Waals surface area contributed by atoms with Gasteiger partial charge in [0.1, 0.15) is 0 Å². The molecular formula is Cl4LaLi2+. The van der Waals surface area contributed by atoms with Gasteiger partial charge in [-0.25, -0.2) is 0 Å². The Bertz CT molecular complexity index is 9.65. The summed E-state index contributed by atoms with van der Waals surface area (Å²) in [5.41, 5.74) is 0. The van der Waals surface area contributed by atoms with Crippen LogP contribution in [0.1, 0.15) is 0 Å². The van der Waals surface area contributed by atoms with Gasteiger partial charge >= 0.3 is 73.3 Å². The van der Waals surface area contributed by atoms with E-state index < -0.39 is 0 Å². The number of halogens is 4. The van der Waals surface area contributed by atoms with Crippen LogP contribution in [0.25, 0.3) is 0 Å². The van der Waals surface area contributed by atoms with Crippen LogP contribution in [0, 0.1) is 35.6 Å². The van der Waals surface area contributed by atoms with Crippen molar-refractivity contribution in [3.8, 4) is 0 Å². The fourth-order valence-electron chi connectivity index (χ4n) is 0. The van der Waals surface area contributed by atoms with E-state index in [1.165, 1.54) is 0 Å². The Morgan fingerprint density at radius 3 is 0.429 bits per heavy atom. The molecule has 0 nitrogen and oxygen atoms in total. The van der Waals surface area contributed by atoms with E-state index in [0.29, 0.717) is 0 Å². The maximum absolute atomic E-state index is 0. The number of rotatable bonds is 0. The van der Waals surface area contributed by atoms with Gasteiger partial charge in [0.15, 0.2) is 0 Å². The first-order chi connectivity index (χ1) is 0. The third kappa shape index (κ3) is 43.2. The molecule has 0 N–H and O–H groups in total. The van der Waals surface area contributed by atoms with Gasteiger partial charge < -0.3 is 49.6 Å². The number of hydrogen-bond donors (Lipinski definition) is 0. The van der Waals surface area contributed by atoms with E-state index in [-0.39, 0.29) is 123 Å². The van der Waals surface area contributed by atoms with Gasteiger partial charge in [-0.2, -0.15) is 0 Å². The fourth-order valence-corrected chi connectivity index (χ4v) is 0. The molecule has 0 spiro atoms. The van der Waals surface area contributed by atoms with Crippen LogP contribution in [0.5, 0.6) is 0 Å². The monoisotopic (exact) mass is 293 g/mol. The molecule has 7 heteroatoms. The quantitative estimate of drug-likeness (QED) is 0.389. The third-order valence-corrected chi connectivity index (χ3v) is 0. The van der Waals surface area contributed by atoms with Crippen molar-refractivity contribution < 1.29 is 123 Å². The molecule has 0 heterocycles. The molecule has 0 saturated carbocycles. The fraction of sp³-hybridized carbons (Fsp3) is 0. The van der Waals surface area contributed by atoms with E-state index in [4.69, 9.17) is 0 Å². The maximum atomic E-state index is 0. The summed E-state index contributed by atoms with van der Waals surface area (Å²) in [5.74, 6) is 0. The predicted molar refractivity (Wildman–Crippen MR) is 0 cm³/mol. The van der Waals surface area contributed by atoms with Crippen molar-refractivity contribution in [3.63, 3.8) is 0 Å². The smallest absolute Gasteiger partial charge is 1.00 e. The van der Waals surface area contributed by atoms with Crippen molar-refractivity contribution in [1.82, 2.24) is 0 Å². The van der Waals surface area contributed by atoms with E-state index in [1.807, 2.05) is 0 Å². The van der Waals surface area contributed by atoms with Crippen molar-refractivity contribution >= 4 is 0 Å². The van der Waals surface area contributed by atoms with Crippen LogP contribution >= 0.6 is 0 Å². The Hall–Kier alpha value is 3.55. The first-order valence-corrected chi connectivity index (χ1v) is 0. The average Bonchev–Trinajstić information content (AvgIpc) is 0. The van der Waals surface area contributed by atoms with Crippen molar-refractivity contribution in [1.29, 1.82) is 0 Å². The van der Waals surface area contributed by atoms with Crippen LogP contribution in [0.4, 0.5) is 0 Å². The molecule has 0 aliphatic heterocycles. The molecule has 0 saturated heterocycles. The van der Waals surface area contributed by atoms with Crippen LogP contribution in [-0.4, -0.2) is 0 Å². The van der Waals surface area contributed by atoms with Gasteiger partial charge in [0.2, 0.25) is 0 Å². The largest absolute Gasteiger partial charge is 3.00 e. The Morgan fingerprint density at radius 1 is 0.429 bits per heavy atom. The van der Waals surface area contributed by atoms with Gasteiger partial charge in [-0.3, -0.25) is 0 Å². The third-order valence-electron chi connectivity index (χ3n) is 0. The van der Waals surface area contributed by atoms with Gasteiger partial charge in [0.25, 0.3) is 0 Å². The summed E-state index contributed by atoms with van der Waals surface area (Å²) in [4.78, 5) is 0. The summed E-state index contributed by atoms with van der Waals surface area (Å²) in [7, 11) is 0. The summed E-state index contributed by atoms with van der Waals surface area (Å²) in [6.45, 7) is 0. The second-order valence-electron chi connectivity index (χ2n) is 0. The minimum absolute atomic E-state index is 0. The molecule has 32 valence electrons. The van der Waals surface area contributed by atoms with Gasteiger partial charge in [0.05, 0.1) is 0 Å². The molecule has 0 unspecified atom stereocenters. The van der Waals surface area contributed by atoms with Gasteiger partial charge in [-0.15, -0.1) is 0 Å². The second kappa shape index (κ2) is 55.4. The van der Waals surface area contributed by atoms with Crippen LogP contribution in [0.2, 0.25) is 0 Å². The second-order valence-corrected chi connectivity index (χ2v) is 0. The standard InChI is InChI=1S/4ClH.La.2Li/h4*1H;;;/q;;;;+3;2*+1/p-4. The van der Waals surface area contributed by atoms with E-state index in [2.05, 4.69) is 0 Å². The summed E-state index contributed by atoms with van der Waals surface area (Å²) in [6.07, 6.45) is 0. The first kappa shape index (κ1) is 76.4. The van der Waals surface area contributed by atoms with E-state index in [9.17, 15) is 0 Å². The number of hydrogen-bond acceptors (Lipinski definition) is 0. The van der Waals surface area contributed by atoms with Crippen LogP contribution < -0.4 is 87.3 Å². The molecule has 0 aromatic heterocycles. The topological polar surface area (TPSA) is 0 Å². The first-order valence-electron chi connectivity index (χ1n) is 0. The summed E-state index contributed by atoms with van der Waals surface area (Å²) < 4.78 is 0. The zero-order chi connectivity index (χ0) is 0. The Morgan fingerprint density at radius 2 is 0.429 bits per heavy atom. The van der Waals surface area contributed by atoms with Crippen molar-refractivity contribution in [3.05, 3.63) is 0 Å². The average molecular weight is 295 g/mol. The van der Waals surface area contributed by atoms with Gasteiger partial charge in [-0.1, -0.05) is 0 Å². The van der Waals surface area contributed by atoms with Gasteiger partial charge in [0, 0.05) is 0 Å². The zero-order valence-corrected chi connectivity index (χ0v) is 10.7. The Balaban J connectivity index is 0. The zero-order valence-electron chi connectivity index (χ0n) is 4.09. The minimum Gasteiger partial charge on any atom is -1.00 e. The molecule has 0 atom stereocenters. The molecule has 0 fully saturated rings. The summed E-state index contributed by atoms with van der Waals surface area (Å²) in [5, 5.41) is 0. The van der Waals surface area contributed by atoms with E-state index >= 15 is 0 Å². The molecule has 7 heavy (non-hydrogen) atoms. The Labute approximate surface area is 121 Å². The van der Waals surface area contributed by atoms with E-state index in [1.54, 1.807) is 0 Å². The molecule has 0 rings (SSSR count). The molecule has 0 aromatic carbocycles. The van der Waals surface area contributed by atoms with Crippen LogP contribution in [0.3, 0.4) is 0 Å². The molecule has 0 aliphatic rings. The predicted octanol–water partition coefficient (Wildman–Crippen LogP) is -18.0. The van der Waals surface area contributed by atoms with Crippen molar-refractivity contribution in [2.75, 3.05) is 0 Å². The molecule has 0 radical (unpaired) electrons. The molecule has 0 amide bonds. The van der Waals surface area contributed by atoms with Gasteiger partial charge in [-0.05, 0) is 0 Å². The minimum atomic E-state index is 0. The molecular weight excluding hydrogens is 295 g/mol. The van der Waals surface area contributed by atoms with Crippen molar-refractivity contribution in [2.24, 2.45) is 0 Å². The van der Waals surface area contributed by atoms with Crippen molar-refractivity contribution in [2.45, 2.75) is 0 Å². The van der Waals surface area contributed by atoms with E-state index in [0.717, 1.165) is 0 Å².